The van der Waals surface area contributed by atoms with E-state index >= 15 is 0 Å². The normalized spacial score (nSPS) is 12.4. The lowest BCUT2D eigenvalue weighted by molar-refractivity contribution is -0.384. The minimum absolute atomic E-state index is 0.0631. The molecule has 82 valence electrons. The summed E-state index contributed by atoms with van der Waals surface area (Å²) in [7, 11) is 0. The zero-order chi connectivity index (χ0) is 11.3. The number of nitro benzene ring substituents is 1. The second kappa shape index (κ2) is 5.43. The van der Waals surface area contributed by atoms with Gasteiger partial charge in [0.1, 0.15) is 0 Å². The fourth-order valence-electron chi connectivity index (χ4n) is 1.32. The van der Waals surface area contributed by atoms with E-state index < -0.39 is 4.92 Å². The molecule has 0 aromatic heterocycles. The third-order valence-corrected chi connectivity index (χ3v) is 2.21. The van der Waals surface area contributed by atoms with Crippen molar-refractivity contribution < 1.29 is 10.0 Å². The first-order valence-electron chi connectivity index (χ1n) is 4.76. The topological polar surface area (TPSA) is 89.4 Å². The molecular weight excluding hydrogens is 196 g/mol. The van der Waals surface area contributed by atoms with Gasteiger partial charge in [0.05, 0.1) is 4.92 Å². The molecule has 0 fully saturated rings. The summed E-state index contributed by atoms with van der Waals surface area (Å²) in [6, 6.07) is 6.01. The molecule has 0 amide bonds. The lowest BCUT2D eigenvalue weighted by atomic mass is 10.0. The van der Waals surface area contributed by atoms with E-state index in [0.717, 1.165) is 5.56 Å². The lowest BCUT2D eigenvalue weighted by Gasteiger charge is -2.10. The summed E-state index contributed by atoms with van der Waals surface area (Å²) in [4.78, 5) is 9.95. The van der Waals surface area contributed by atoms with Crippen LogP contribution in [0.1, 0.15) is 24.4 Å². The van der Waals surface area contributed by atoms with Crippen LogP contribution in [0.4, 0.5) is 5.69 Å². The zero-order valence-corrected chi connectivity index (χ0v) is 8.30. The summed E-state index contributed by atoms with van der Waals surface area (Å²) >= 11 is 0. The number of hydrogen-bond acceptors (Lipinski definition) is 4. The van der Waals surface area contributed by atoms with Crippen molar-refractivity contribution in [2.45, 2.75) is 18.9 Å². The first kappa shape index (κ1) is 11.6. The van der Waals surface area contributed by atoms with Crippen molar-refractivity contribution in [3.8, 4) is 0 Å². The summed E-state index contributed by atoms with van der Waals surface area (Å²) in [5.41, 5.74) is 6.74. The van der Waals surface area contributed by atoms with Crippen LogP contribution >= 0.6 is 0 Å². The molecule has 0 bridgehead atoms. The molecule has 1 aromatic rings. The summed E-state index contributed by atoms with van der Waals surface area (Å²) < 4.78 is 0. The van der Waals surface area contributed by atoms with Crippen LogP contribution in [-0.2, 0) is 0 Å². The van der Waals surface area contributed by atoms with Gasteiger partial charge in [-0.15, -0.1) is 0 Å². The van der Waals surface area contributed by atoms with Gasteiger partial charge in [-0.05, 0) is 18.4 Å². The quantitative estimate of drug-likeness (QED) is 0.567. The van der Waals surface area contributed by atoms with E-state index in [0.29, 0.717) is 12.8 Å². The lowest BCUT2D eigenvalue weighted by Crippen LogP contribution is -2.10. The molecule has 0 unspecified atom stereocenters. The van der Waals surface area contributed by atoms with Gasteiger partial charge in [-0.2, -0.15) is 0 Å². The van der Waals surface area contributed by atoms with E-state index in [1.165, 1.54) is 12.1 Å². The number of nitrogens with two attached hydrogens (primary N) is 1. The second-order valence-electron chi connectivity index (χ2n) is 3.32. The van der Waals surface area contributed by atoms with Crippen molar-refractivity contribution in [2.24, 2.45) is 5.73 Å². The van der Waals surface area contributed by atoms with E-state index in [1.807, 2.05) is 0 Å². The average molecular weight is 210 g/mol. The molecule has 1 aromatic carbocycles. The Morgan fingerprint density at radius 1 is 1.40 bits per heavy atom. The Balaban J connectivity index is 2.66. The van der Waals surface area contributed by atoms with Gasteiger partial charge in [-0.1, -0.05) is 12.1 Å². The van der Waals surface area contributed by atoms with E-state index in [2.05, 4.69) is 0 Å². The second-order valence-corrected chi connectivity index (χ2v) is 3.32. The van der Waals surface area contributed by atoms with E-state index in [4.69, 9.17) is 10.8 Å². The highest BCUT2D eigenvalue weighted by atomic mass is 16.6. The van der Waals surface area contributed by atoms with Crippen molar-refractivity contribution >= 4 is 5.69 Å². The molecule has 1 atom stereocenters. The van der Waals surface area contributed by atoms with Gasteiger partial charge in [0.25, 0.3) is 5.69 Å². The van der Waals surface area contributed by atoms with Crippen LogP contribution in [0.15, 0.2) is 24.3 Å². The van der Waals surface area contributed by atoms with Crippen LogP contribution in [-0.4, -0.2) is 16.6 Å². The number of hydrogen-bond donors (Lipinski definition) is 2. The maximum Gasteiger partial charge on any atom is 0.269 e. The molecule has 0 aliphatic carbocycles. The summed E-state index contributed by atoms with van der Waals surface area (Å²) in [6.45, 7) is 0.112. The molecule has 0 radical (unpaired) electrons. The molecule has 0 heterocycles. The van der Waals surface area contributed by atoms with Gasteiger partial charge in [-0.25, -0.2) is 0 Å². The summed E-state index contributed by atoms with van der Waals surface area (Å²) in [5.74, 6) is 0. The molecule has 5 heteroatoms. The third-order valence-electron chi connectivity index (χ3n) is 2.21. The minimum atomic E-state index is -0.441. The monoisotopic (exact) mass is 210 g/mol. The maximum absolute atomic E-state index is 10.4. The van der Waals surface area contributed by atoms with Gasteiger partial charge in [-0.3, -0.25) is 10.1 Å². The maximum atomic E-state index is 10.4. The highest BCUT2D eigenvalue weighted by molar-refractivity contribution is 5.34. The first-order valence-corrected chi connectivity index (χ1v) is 4.76. The number of non-ortho nitro benzene ring substituents is 1. The minimum Gasteiger partial charge on any atom is -0.396 e. The van der Waals surface area contributed by atoms with E-state index in [9.17, 15) is 10.1 Å². The Hall–Kier alpha value is -1.46. The Morgan fingerprint density at radius 2 is 2.00 bits per heavy atom. The molecule has 0 saturated heterocycles. The van der Waals surface area contributed by atoms with E-state index in [-0.39, 0.29) is 18.3 Å². The number of rotatable bonds is 5. The molecule has 3 N–H and O–H groups in total. The fraction of sp³-hybridized carbons (Fsp3) is 0.400. The predicted molar refractivity (Wildman–Crippen MR) is 56.3 cm³/mol. The average Bonchev–Trinajstić information content (AvgIpc) is 2.26. The molecule has 1 rings (SSSR count). The van der Waals surface area contributed by atoms with Crippen molar-refractivity contribution in [3.63, 3.8) is 0 Å². The third kappa shape index (κ3) is 3.30. The van der Waals surface area contributed by atoms with Gasteiger partial charge < -0.3 is 10.8 Å². The summed E-state index contributed by atoms with van der Waals surface area (Å²) in [5, 5.41) is 19.0. The SMILES string of the molecule is N[C@H](CCCO)c1ccc([N+](=O)[O-])cc1. The number of nitrogens with zero attached hydrogens (tertiary/aromatic N) is 1. The van der Waals surface area contributed by atoms with E-state index in [1.54, 1.807) is 12.1 Å². The molecule has 0 aliphatic heterocycles. The Morgan fingerprint density at radius 3 is 2.47 bits per heavy atom. The van der Waals surface area contributed by atoms with Gasteiger partial charge in [0.15, 0.2) is 0 Å². The van der Waals surface area contributed by atoms with Gasteiger partial charge in [0, 0.05) is 24.8 Å². The highest BCUT2D eigenvalue weighted by Crippen LogP contribution is 2.19. The highest BCUT2D eigenvalue weighted by Gasteiger charge is 2.08. The molecule has 0 spiro atoms. The molecular formula is C10H14N2O3. The number of aliphatic hydroxyl groups is 1. The number of benzene rings is 1. The largest absolute Gasteiger partial charge is 0.396 e. The molecule has 0 aliphatic rings. The van der Waals surface area contributed by atoms with Gasteiger partial charge in [0.2, 0.25) is 0 Å². The van der Waals surface area contributed by atoms with Crippen LogP contribution in [0, 0.1) is 10.1 Å². The van der Waals surface area contributed by atoms with Crippen molar-refractivity contribution in [2.75, 3.05) is 6.61 Å². The van der Waals surface area contributed by atoms with Crippen molar-refractivity contribution in [3.05, 3.63) is 39.9 Å². The van der Waals surface area contributed by atoms with Crippen molar-refractivity contribution in [1.29, 1.82) is 0 Å². The number of nitro groups is 1. The zero-order valence-electron chi connectivity index (χ0n) is 8.30. The van der Waals surface area contributed by atoms with Crippen LogP contribution in [0.3, 0.4) is 0 Å². The Bertz CT molecular complexity index is 324. The Kier molecular flexibility index (Phi) is 4.20. The fourth-order valence-corrected chi connectivity index (χ4v) is 1.32. The summed E-state index contributed by atoms with van der Waals surface area (Å²) in [6.07, 6.45) is 1.31. The molecule has 15 heavy (non-hydrogen) atoms. The van der Waals surface area contributed by atoms with Crippen molar-refractivity contribution in [1.82, 2.24) is 0 Å². The molecule has 5 nitrogen and oxygen atoms in total. The van der Waals surface area contributed by atoms with Crippen LogP contribution in [0.5, 0.6) is 0 Å². The Labute approximate surface area is 87.7 Å². The smallest absolute Gasteiger partial charge is 0.269 e. The first-order chi connectivity index (χ1) is 7.15. The van der Waals surface area contributed by atoms with Crippen LogP contribution in [0.25, 0.3) is 0 Å². The van der Waals surface area contributed by atoms with Crippen LogP contribution < -0.4 is 5.73 Å². The van der Waals surface area contributed by atoms with Gasteiger partial charge >= 0.3 is 0 Å². The standard InChI is InChI=1S/C10H14N2O3/c11-10(2-1-7-13)8-3-5-9(6-4-8)12(14)15/h3-6,10,13H,1-2,7,11H2/t10-/m1/s1. The van der Waals surface area contributed by atoms with Crippen LogP contribution in [0.2, 0.25) is 0 Å². The molecule has 0 saturated carbocycles. The number of aliphatic hydroxyl groups excluding tert-OH is 1. The predicted octanol–water partition coefficient (Wildman–Crippen LogP) is 1.37.